The molecular formula is C27H32N2O6. The van der Waals surface area contributed by atoms with Gasteiger partial charge in [0, 0.05) is 19.1 Å². The lowest BCUT2D eigenvalue weighted by molar-refractivity contribution is -0.140. The molecule has 186 valence electrons. The van der Waals surface area contributed by atoms with Crippen LogP contribution in [0.3, 0.4) is 0 Å². The summed E-state index contributed by atoms with van der Waals surface area (Å²) in [6.07, 6.45) is -0.0700. The zero-order valence-electron chi connectivity index (χ0n) is 20.1. The van der Waals surface area contributed by atoms with Crippen molar-refractivity contribution in [1.29, 1.82) is 0 Å². The highest BCUT2D eigenvalue weighted by Gasteiger charge is 2.39. The number of hydrogen-bond donors (Lipinski definition) is 3. The van der Waals surface area contributed by atoms with Gasteiger partial charge in [0.25, 0.3) is 0 Å². The van der Waals surface area contributed by atoms with Gasteiger partial charge in [-0.2, -0.15) is 0 Å². The highest BCUT2D eigenvalue weighted by atomic mass is 16.5. The van der Waals surface area contributed by atoms with E-state index in [-0.39, 0.29) is 24.9 Å². The van der Waals surface area contributed by atoms with E-state index in [0.717, 1.165) is 22.3 Å². The average molecular weight is 481 g/mol. The Labute approximate surface area is 205 Å². The molecule has 4 rings (SSSR count). The predicted octanol–water partition coefficient (Wildman–Crippen LogP) is 3.69. The lowest BCUT2D eigenvalue weighted by Crippen LogP contribution is -2.59. The first kappa shape index (κ1) is 24.7. The third-order valence-electron chi connectivity index (χ3n) is 6.89. The van der Waals surface area contributed by atoms with Crippen molar-refractivity contribution in [3.8, 4) is 11.1 Å². The van der Waals surface area contributed by atoms with Crippen molar-refractivity contribution in [1.82, 2.24) is 10.6 Å². The van der Waals surface area contributed by atoms with E-state index in [4.69, 9.17) is 9.47 Å². The van der Waals surface area contributed by atoms with Crippen LogP contribution in [0.5, 0.6) is 0 Å². The monoisotopic (exact) mass is 480 g/mol. The highest BCUT2D eigenvalue weighted by Crippen LogP contribution is 2.44. The second-order valence-electron chi connectivity index (χ2n) is 9.64. The maximum atomic E-state index is 13.1. The van der Waals surface area contributed by atoms with Crippen LogP contribution in [0.25, 0.3) is 11.1 Å². The zero-order chi connectivity index (χ0) is 25.0. The van der Waals surface area contributed by atoms with Crippen molar-refractivity contribution in [2.75, 3.05) is 19.8 Å². The van der Waals surface area contributed by atoms with E-state index < -0.39 is 29.6 Å². The lowest BCUT2D eigenvalue weighted by atomic mass is 9.85. The number of carboxylic acids is 1. The fraction of sp³-hybridized carbons (Fsp3) is 0.444. The number of nitrogens with one attached hydrogen (secondary N) is 2. The first-order valence-corrected chi connectivity index (χ1v) is 12.0. The Hall–Kier alpha value is -3.39. The molecule has 0 aromatic heterocycles. The molecule has 8 nitrogen and oxygen atoms in total. The van der Waals surface area contributed by atoms with Crippen molar-refractivity contribution in [3.05, 3.63) is 59.7 Å². The van der Waals surface area contributed by atoms with Crippen LogP contribution in [0, 0.1) is 5.92 Å². The smallest absolute Gasteiger partial charge is 0.407 e. The Bertz CT molecular complexity index is 1050. The molecule has 35 heavy (non-hydrogen) atoms. The summed E-state index contributed by atoms with van der Waals surface area (Å²) >= 11 is 0. The van der Waals surface area contributed by atoms with Crippen LogP contribution < -0.4 is 10.6 Å². The molecule has 0 saturated carbocycles. The van der Waals surface area contributed by atoms with E-state index in [1.807, 2.05) is 50.2 Å². The van der Waals surface area contributed by atoms with Gasteiger partial charge in [0.2, 0.25) is 5.91 Å². The fourth-order valence-electron chi connectivity index (χ4n) is 5.04. The van der Waals surface area contributed by atoms with Crippen LogP contribution in [-0.4, -0.2) is 54.5 Å². The minimum Gasteiger partial charge on any atom is -0.481 e. The summed E-state index contributed by atoms with van der Waals surface area (Å²) < 4.78 is 11.0. The van der Waals surface area contributed by atoms with Crippen LogP contribution in [0.15, 0.2) is 48.5 Å². The number of benzene rings is 2. The predicted molar refractivity (Wildman–Crippen MR) is 130 cm³/mol. The topological polar surface area (TPSA) is 114 Å². The Kier molecular flexibility index (Phi) is 7.40. The largest absolute Gasteiger partial charge is 0.481 e. The first-order valence-electron chi connectivity index (χ1n) is 12.0. The molecule has 1 heterocycles. The van der Waals surface area contributed by atoms with Gasteiger partial charge < -0.3 is 25.2 Å². The Morgan fingerprint density at radius 1 is 1.03 bits per heavy atom. The van der Waals surface area contributed by atoms with E-state index in [1.54, 1.807) is 0 Å². The molecule has 1 atom stereocenters. The average Bonchev–Trinajstić information content (AvgIpc) is 3.14. The van der Waals surface area contributed by atoms with Crippen LogP contribution in [-0.2, 0) is 19.1 Å². The molecule has 1 aliphatic heterocycles. The SMILES string of the molecule is CC(C)[C@@H](NC(=O)OCC1c2ccccc2-c2ccccc21)C(=O)NC1(CC(=O)O)CCOCC1. The van der Waals surface area contributed by atoms with Crippen molar-refractivity contribution in [2.45, 2.75) is 50.6 Å². The summed E-state index contributed by atoms with van der Waals surface area (Å²) in [5.74, 6) is -1.72. The minimum atomic E-state index is -0.988. The molecule has 2 aromatic rings. The van der Waals surface area contributed by atoms with E-state index in [2.05, 4.69) is 22.8 Å². The summed E-state index contributed by atoms with van der Waals surface area (Å²) in [5.41, 5.74) is 3.59. The standard InChI is InChI=1S/C27H32N2O6/c1-17(2)24(25(32)29-27(15-23(30)31)11-13-34-14-12-27)28-26(33)35-16-22-20-9-5-3-7-18(20)19-8-4-6-10-21(19)22/h3-10,17,22,24H,11-16H2,1-2H3,(H,28,33)(H,29,32)(H,30,31)/t24-/m1/s1. The molecule has 0 unspecified atom stereocenters. The number of carbonyl (C=O) groups is 3. The van der Waals surface area contributed by atoms with Gasteiger partial charge in [0.05, 0.1) is 12.0 Å². The van der Waals surface area contributed by atoms with Crippen molar-refractivity contribution < 1.29 is 29.0 Å². The third kappa shape index (κ3) is 5.48. The number of carbonyl (C=O) groups excluding carboxylic acids is 2. The third-order valence-corrected chi connectivity index (χ3v) is 6.89. The van der Waals surface area contributed by atoms with Gasteiger partial charge in [-0.3, -0.25) is 9.59 Å². The molecule has 2 amide bonds. The summed E-state index contributed by atoms with van der Waals surface area (Å²) in [7, 11) is 0. The highest BCUT2D eigenvalue weighted by molar-refractivity contribution is 5.87. The maximum Gasteiger partial charge on any atom is 0.407 e. The number of hydrogen-bond acceptors (Lipinski definition) is 5. The summed E-state index contributed by atoms with van der Waals surface area (Å²) in [6, 6.07) is 15.3. The number of carboxylic acid groups (broad SMARTS) is 1. The molecule has 8 heteroatoms. The Morgan fingerprint density at radius 3 is 2.14 bits per heavy atom. The lowest BCUT2D eigenvalue weighted by Gasteiger charge is -2.38. The van der Waals surface area contributed by atoms with Crippen LogP contribution in [0.2, 0.25) is 0 Å². The maximum absolute atomic E-state index is 13.1. The number of fused-ring (bicyclic) bond motifs is 3. The van der Waals surface area contributed by atoms with Gasteiger partial charge >= 0.3 is 12.1 Å². The van der Waals surface area contributed by atoms with Crippen molar-refractivity contribution in [3.63, 3.8) is 0 Å². The van der Waals surface area contributed by atoms with E-state index in [0.29, 0.717) is 26.1 Å². The van der Waals surface area contributed by atoms with Crippen molar-refractivity contribution in [2.24, 2.45) is 5.92 Å². The molecule has 2 aromatic carbocycles. The summed E-state index contributed by atoms with van der Waals surface area (Å²) in [5, 5.41) is 15.0. The summed E-state index contributed by atoms with van der Waals surface area (Å²) in [6.45, 7) is 4.54. The van der Waals surface area contributed by atoms with Gasteiger partial charge in [-0.1, -0.05) is 62.4 Å². The second kappa shape index (κ2) is 10.5. The number of amides is 2. The zero-order valence-corrected chi connectivity index (χ0v) is 20.1. The van der Waals surface area contributed by atoms with E-state index in [9.17, 15) is 19.5 Å². The number of aliphatic carboxylic acids is 1. The molecule has 1 saturated heterocycles. The molecule has 2 aliphatic rings. The minimum absolute atomic E-state index is 0.0828. The molecule has 1 aliphatic carbocycles. The molecule has 0 bridgehead atoms. The number of rotatable bonds is 8. The Morgan fingerprint density at radius 2 is 1.60 bits per heavy atom. The Balaban J connectivity index is 1.41. The van der Waals surface area contributed by atoms with Crippen LogP contribution >= 0.6 is 0 Å². The molecule has 0 spiro atoms. The van der Waals surface area contributed by atoms with Gasteiger partial charge in [-0.15, -0.1) is 0 Å². The molecule has 1 fully saturated rings. The van der Waals surface area contributed by atoms with E-state index >= 15 is 0 Å². The quantitative estimate of drug-likeness (QED) is 0.531. The fourth-order valence-corrected chi connectivity index (χ4v) is 5.04. The van der Waals surface area contributed by atoms with Gasteiger partial charge in [-0.25, -0.2) is 4.79 Å². The molecule has 3 N–H and O–H groups in total. The van der Waals surface area contributed by atoms with Crippen LogP contribution in [0.1, 0.15) is 50.2 Å². The van der Waals surface area contributed by atoms with E-state index in [1.165, 1.54) is 0 Å². The second-order valence-corrected chi connectivity index (χ2v) is 9.64. The van der Waals surface area contributed by atoms with Gasteiger partial charge in [-0.05, 0) is 41.0 Å². The first-order chi connectivity index (χ1) is 16.8. The van der Waals surface area contributed by atoms with Crippen molar-refractivity contribution >= 4 is 18.0 Å². The molecule has 0 radical (unpaired) electrons. The normalized spacial score (nSPS) is 17.2. The van der Waals surface area contributed by atoms with Crippen LogP contribution in [0.4, 0.5) is 4.79 Å². The molecular weight excluding hydrogens is 448 g/mol. The summed E-state index contributed by atoms with van der Waals surface area (Å²) in [4.78, 5) is 37.4. The number of ether oxygens (including phenoxy) is 2. The van der Waals surface area contributed by atoms with Gasteiger partial charge in [0.1, 0.15) is 12.6 Å². The van der Waals surface area contributed by atoms with Gasteiger partial charge in [0.15, 0.2) is 0 Å². The number of alkyl carbamates (subject to hydrolysis) is 1.